The van der Waals surface area contributed by atoms with Crippen molar-refractivity contribution in [1.82, 2.24) is 5.32 Å². The first kappa shape index (κ1) is 15.7. The Kier molecular flexibility index (Phi) is 4.41. The van der Waals surface area contributed by atoms with Gasteiger partial charge in [-0.1, -0.05) is 0 Å². The van der Waals surface area contributed by atoms with Gasteiger partial charge in [-0.3, -0.25) is 4.79 Å². The standard InChI is InChI=1S/C16H19F2NO2S/c17-10-1-2-14(18)12(7-10)11-8-13(11)15(20)19-9-16(21)3-5-22-6-4-16/h1-2,7,11,13,21H,3-6,8-9H2,(H,19,20). The molecule has 6 heteroatoms. The van der Waals surface area contributed by atoms with E-state index in [9.17, 15) is 18.7 Å². The lowest BCUT2D eigenvalue weighted by molar-refractivity contribution is -0.123. The zero-order chi connectivity index (χ0) is 15.7. The van der Waals surface area contributed by atoms with E-state index in [4.69, 9.17) is 0 Å². The molecule has 1 amide bonds. The van der Waals surface area contributed by atoms with E-state index in [1.54, 1.807) is 11.8 Å². The van der Waals surface area contributed by atoms with Gasteiger partial charge in [-0.25, -0.2) is 8.78 Å². The van der Waals surface area contributed by atoms with Crippen molar-refractivity contribution in [2.24, 2.45) is 5.92 Å². The summed E-state index contributed by atoms with van der Waals surface area (Å²) in [7, 11) is 0. The number of amides is 1. The topological polar surface area (TPSA) is 49.3 Å². The van der Waals surface area contributed by atoms with Crippen LogP contribution in [0.3, 0.4) is 0 Å². The first-order chi connectivity index (χ1) is 10.5. The Morgan fingerprint density at radius 3 is 2.82 bits per heavy atom. The van der Waals surface area contributed by atoms with E-state index in [-0.39, 0.29) is 29.9 Å². The minimum absolute atomic E-state index is 0.180. The fourth-order valence-corrected chi connectivity index (χ4v) is 4.19. The highest BCUT2D eigenvalue weighted by molar-refractivity contribution is 7.99. The minimum Gasteiger partial charge on any atom is -0.388 e. The van der Waals surface area contributed by atoms with Crippen LogP contribution in [0, 0.1) is 17.6 Å². The second-order valence-corrected chi connectivity index (χ2v) is 7.39. The highest BCUT2D eigenvalue weighted by Gasteiger charge is 2.45. The molecule has 2 aliphatic rings. The number of carbonyl (C=O) groups excluding carboxylic acids is 1. The molecule has 3 rings (SSSR count). The molecule has 1 saturated heterocycles. The summed E-state index contributed by atoms with van der Waals surface area (Å²) in [6.07, 6.45) is 1.87. The highest BCUT2D eigenvalue weighted by Crippen LogP contribution is 2.48. The van der Waals surface area contributed by atoms with Gasteiger partial charge in [-0.15, -0.1) is 0 Å². The summed E-state index contributed by atoms with van der Waals surface area (Å²) in [5.74, 6) is 0.0754. The fourth-order valence-electron chi connectivity index (χ4n) is 2.94. The lowest BCUT2D eigenvalue weighted by Gasteiger charge is -2.31. The molecule has 22 heavy (non-hydrogen) atoms. The Bertz CT molecular complexity index is 575. The van der Waals surface area contributed by atoms with Crippen LogP contribution in [0.15, 0.2) is 18.2 Å². The Labute approximate surface area is 132 Å². The molecule has 0 bridgehead atoms. The van der Waals surface area contributed by atoms with Gasteiger partial charge in [0, 0.05) is 12.5 Å². The van der Waals surface area contributed by atoms with Crippen LogP contribution in [0.2, 0.25) is 0 Å². The minimum atomic E-state index is -0.824. The molecule has 0 aromatic heterocycles. The van der Waals surface area contributed by atoms with Crippen molar-refractivity contribution >= 4 is 17.7 Å². The van der Waals surface area contributed by atoms with Gasteiger partial charge in [0.05, 0.1) is 5.60 Å². The summed E-state index contributed by atoms with van der Waals surface area (Å²) in [5.41, 5.74) is -0.553. The maximum absolute atomic E-state index is 13.7. The molecule has 1 aliphatic heterocycles. The third-order valence-electron chi connectivity index (χ3n) is 4.50. The van der Waals surface area contributed by atoms with Crippen LogP contribution in [0.5, 0.6) is 0 Å². The van der Waals surface area contributed by atoms with Gasteiger partial charge in [0.1, 0.15) is 11.6 Å². The number of thioether (sulfide) groups is 1. The van der Waals surface area contributed by atoms with Gasteiger partial charge < -0.3 is 10.4 Å². The third kappa shape index (κ3) is 3.43. The van der Waals surface area contributed by atoms with E-state index in [1.165, 1.54) is 6.07 Å². The molecule has 0 spiro atoms. The largest absolute Gasteiger partial charge is 0.388 e. The maximum atomic E-state index is 13.7. The molecule has 3 nitrogen and oxygen atoms in total. The second-order valence-electron chi connectivity index (χ2n) is 6.17. The summed E-state index contributed by atoms with van der Waals surface area (Å²) in [6.45, 7) is 0.237. The zero-order valence-corrected chi connectivity index (χ0v) is 13.0. The predicted octanol–water partition coefficient (Wildman–Crippen LogP) is 2.44. The number of hydrogen-bond acceptors (Lipinski definition) is 3. The van der Waals surface area contributed by atoms with E-state index in [1.807, 2.05) is 0 Å². The molecule has 1 aliphatic carbocycles. The third-order valence-corrected chi connectivity index (χ3v) is 5.49. The van der Waals surface area contributed by atoms with Crippen molar-refractivity contribution in [3.05, 3.63) is 35.4 Å². The number of aliphatic hydroxyl groups is 1. The average Bonchev–Trinajstić information content (AvgIpc) is 3.29. The van der Waals surface area contributed by atoms with E-state index >= 15 is 0 Å². The Balaban J connectivity index is 1.55. The molecule has 0 radical (unpaired) electrons. The van der Waals surface area contributed by atoms with Gasteiger partial charge in [0.15, 0.2) is 0 Å². The van der Waals surface area contributed by atoms with Crippen molar-refractivity contribution in [3.63, 3.8) is 0 Å². The average molecular weight is 327 g/mol. The molecular formula is C16H19F2NO2S. The number of carbonyl (C=O) groups is 1. The normalized spacial score (nSPS) is 26.5. The smallest absolute Gasteiger partial charge is 0.223 e. The highest BCUT2D eigenvalue weighted by atomic mass is 32.2. The van der Waals surface area contributed by atoms with Crippen LogP contribution in [-0.4, -0.2) is 34.7 Å². The number of nitrogens with one attached hydrogen (secondary N) is 1. The van der Waals surface area contributed by atoms with E-state index < -0.39 is 17.2 Å². The van der Waals surface area contributed by atoms with Crippen LogP contribution in [-0.2, 0) is 4.79 Å². The molecule has 1 saturated carbocycles. The Hall–Kier alpha value is -1.14. The molecule has 1 aromatic carbocycles. The van der Waals surface area contributed by atoms with Gasteiger partial charge in [-0.2, -0.15) is 11.8 Å². The van der Waals surface area contributed by atoms with Gasteiger partial charge >= 0.3 is 0 Å². The van der Waals surface area contributed by atoms with E-state index in [2.05, 4.69) is 5.32 Å². The summed E-state index contributed by atoms with van der Waals surface area (Å²) in [4.78, 5) is 12.1. The van der Waals surface area contributed by atoms with Crippen molar-refractivity contribution in [3.8, 4) is 0 Å². The molecule has 2 unspecified atom stereocenters. The second kappa shape index (κ2) is 6.16. The van der Waals surface area contributed by atoms with Gasteiger partial charge in [-0.05, 0) is 60.4 Å². The van der Waals surface area contributed by atoms with Crippen LogP contribution < -0.4 is 5.32 Å². The SMILES string of the molecule is O=C(NCC1(O)CCSCC1)C1CC1c1cc(F)ccc1F. The molecule has 1 heterocycles. The first-order valence-corrected chi connectivity index (χ1v) is 8.67. The fraction of sp³-hybridized carbons (Fsp3) is 0.562. The van der Waals surface area contributed by atoms with Crippen LogP contribution in [0.4, 0.5) is 8.78 Å². The van der Waals surface area contributed by atoms with Crippen molar-refractivity contribution in [2.75, 3.05) is 18.1 Å². The number of rotatable bonds is 4. The van der Waals surface area contributed by atoms with Gasteiger partial charge in [0.25, 0.3) is 0 Å². The summed E-state index contributed by atoms with van der Waals surface area (Å²) in [5, 5.41) is 13.1. The van der Waals surface area contributed by atoms with E-state index in [0.717, 1.165) is 23.6 Å². The van der Waals surface area contributed by atoms with Crippen LogP contribution in [0.25, 0.3) is 0 Å². The zero-order valence-electron chi connectivity index (χ0n) is 12.1. The Morgan fingerprint density at radius 1 is 1.36 bits per heavy atom. The molecule has 2 atom stereocenters. The lowest BCUT2D eigenvalue weighted by atomic mass is 9.97. The van der Waals surface area contributed by atoms with Crippen LogP contribution in [0.1, 0.15) is 30.7 Å². The summed E-state index contributed by atoms with van der Waals surface area (Å²) in [6, 6.07) is 3.34. The van der Waals surface area contributed by atoms with Crippen LogP contribution >= 0.6 is 11.8 Å². The number of benzene rings is 1. The molecular weight excluding hydrogens is 308 g/mol. The quantitative estimate of drug-likeness (QED) is 0.893. The number of hydrogen-bond donors (Lipinski definition) is 2. The maximum Gasteiger partial charge on any atom is 0.223 e. The molecule has 1 aromatic rings. The van der Waals surface area contributed by atoms with E-state index in [0.29, 0.717) is 19.3 Å². The van der Waals surface area contributed by atoms with Crippen molar-refractivity contribution in [2.45, 2.75) is 30.8 Å². The summed E-state index contributed by atoms with van der Waals surface area (Å²) < 4.78 is 26.9. The Morgan fingerprint density at radius 2 is 2.09 bits per heavy atom. The monoisotopic (exact) mass is 327 g/mol. The lowest BCUT2D eigenvalue weighted by Crippen LogP contribution is -2.45. The first-order valence-electron chi connectivity index (χ1n) is 7.51. The van der Waals surface area contributed by atoms with Gasteiger partial charge in [0.2, 0.25) is 5.91 Å². The number of halogens is 2. The predicted molar refractivity (Wildman–Crippen MR) is 81.7 cm³/mol. The van der Waals surface area contributed by atoms with Crippen molar-refractivity contribution in [1.29, 1.82) is 0 Å². The molecule has 120 valence electrons. The molecule has 2 fully saturated rings. The van der Waals surface area contributed by atoms with Crippen molar-refractivity contribution < 1.29 is 18.7 Å². The molecule has 2 N–H and O–H groups in total. The summed E-state index contributed by atoms with van der Waals surface area (Å²) >= 11 is 1.80.